The van der Waals surface area contributed by atoms with Gasteiger partial charge in [-0.15, -0.1) is 0 Å². The molecule has 1 amide bonds. The van der Waals surface area contributed by atoms with Crippen LogP contribution in [0.15, 0.2) is 24.5 Å². The van der Waals surface area contributed by atoms with Crippen LogP contribution in [0.3, 0.4) is 0 Å². The van der Waals surface area contributed by atoms with Gasteiger partial charge in [-0.1, -0.05) is 11.6 Å². The molecule has 1 aliphatic rings. The van der Waals surface area contributed by atoms with E-state index in [2.05, 4.69) is 20.8 Å². The molecule has 2 N–H and O–H groups in total. The number of piperidine rings is 1. The molecule has 1 unspecified atom stereocenters. The quantitative estimate of drug-likeness (QED) is 0.313. The Morgan fingerprint density at radius 2 is 2.03 bits per heavy atom. The van der Waals surface area contributed by atoms with Gasteiger partial charge in [0.1, 0.15) is 11.3 Å². The first-order chi connectivity index (χ1) is 16.2. The standard InChI is InChI=1S/C19H20ClN7O7/c1-2-34-19(29)12-4-3-7-25(9-12)17-15(27(32)33)16(21-10-22-17)23-24-18(28)11-5-6-13(20)14(8-11)26(30)31/h5-6,8,10,12H,2-4,7,9H2,1H3,(H,24,28)(H,21,22,23). The lowest BCUT2D eigenvalue weighted by Crippen LogP contribution is -2.40. The number of hydrogen-bond donors (Lipinski definition) is 2. The van der Waals surface area contributed by atoms with Crippen LogP contribution in [-0.2, 0) is 9.53 Å². The lowest BCUT2D eigenvalue weighted by Gasteiger charge is -2.32. The monoisotopic (exact) mass is 493 g/mol. The van der Waals surface area contributed by atoms with E-state index in [1.807, 2.05) is 0 Å². The zero-order valence-corrected chi connectivity index (χ0v) is 18.6. The highest BCUT2D eigenvalue weighted by Crippen LogP contribution is 2.34. The van der Waals surface area contributed by atoms with Crippen LogP contribution in [-0.4, -0.2) is 51.4 Å². The fourth-order valence-electron chi connectivity index (χ4n) is 3.46. The summed E-state index contributed by atoms with van der Waals surface area (Å²) in [7, 11) is 0. The number of nitrogens with zero attached hydrogens (tertiary/aromatic N) is 5. The molecule has 1 atom stereocenters. The Morgan fingerprint density at radius 1 is 1.26 bits per heavy atom. The van der Waals surface area contributed by atoms with E-state index in [0.717, 1.165) is 12.4 Å². The minimum absolute atomic E-state index is 0.0205. The average Bonchev–Trinajstić information content (AvgIpc) is 2.82. The van der Waals surface area contributed by atoms with Crippen molar-refractivity contribution in [3.8, 4) is 0 Å². The van der Waals surface area contributed by atoms with E-state index in [0.29, 0.717) is 19.4 Å². The van der Waals surface area contributed by atoms with Crippen molar-refractivity contribution in [2.45, 2.75) is 19.8 Å². The van der Waals surface area contributed by atoms with E-state index >= 15 is 0 Å². The number of carbonyl (C=O) groups excluding carboxylic acids is 2. The van der Waals surface area contributed by atoms with Gasteiger partial charge in [-0.05, 0) is 31.9 Å². The van der Waals surface area contributed by atoms with Gasteiger partial charge in [0.05, 0.1) is 22.4 Å². The second kappa shape index (κ2) is 10.7. The number of hydrogen-bond acceptors (Lipinski definition) is 11. The average molecular weight is 494 g/mol. The van der Waals surface area contributed by atoms with Gasteiger partial charge >= 0.3 is 11.7 Å². The summed E-state index contributed by atoms with van der Waals surface area (Å²) in [6, 6.07) is 3.42. The number of nitrogens with one attached hydrogen (secondary N) is 2. The van der Waals surface area contributed by atoms with E-state index in [1.165, 1.54) is 12.1 Å². The number of anilines is 2. The van der Waals surface area contributed by atoms with E-state index in [9.17, 15) is 29.8 Å². The predicted octanol–water partition coefficient (Wildman–Crippen LogP) is 2.48. The molecule has 0 saturated carbocycles. The molecular weight excluding hydrogens is 474 g/mol. The highest BCUT2D eigenvalue weighted by molar-refractivity contribution is 6.32. The van der Waals surface area contributed by atoms with Gasteiger partial charge in [0.15, 0.2) is 0 Å². The van der Waals surface area contributed by atoms with E-state index in [4.69, 9.17) is 16.3 Å². The minimum Gasteiger partial charge on any atom is -0.466 e. The van der Waals surface area contributed by atoms with Crippen LogP contribution < -0.4 is 15.8 Å². The lowest BCUT2D eigenvalue weighted by molar-refractivity contribution is -0.384. The van der Waals surface area contributed by atoms with Gasteiger partial charge < -0.3 is 9.64 Å². The summed E-state index contributed by atoms with van der Waals surface area (Å²) in [6.45, 7) is 2.53. The molecule has 1 aliphatic heterocycles. The second-order valence-electron chi connectivity index (χ2n) is 7.19. The van der Waals surface area contributed by atoms with Crippen molar-refractivity contribution >= 4 is 46.5 Å². The van der Waals surface area contributed by atoms with Crippen LogP contribution in [0.2, 0.25) is 5.02 Å². The molecule has 1 saturated heterocycles. The van der Waals surface area contributed by atoms with Crippen LogP contribution >= 0.6 is 11.6 Å². The third kappa shape index (κ3) is 5.46. The number of nitro benzene ring substituents is 1. The molecule has 180 valence electrons. The maximum atomic E-state index is 12.4. The Bertz CT molecular complexity index is 1130. The molecule has 1 aromatic heterocycles. The smallest absolute Gasteiger partial charge is 0.355 e. The number of carbonyl (C=O) groups is 2. The molecule has 0 spiro atoms. The minimum atomic E-state index is -0.811. The Balaban J connectivity index is 1.81. The van der Waals surface area contributed by atoms with Crippen molar-refractivity contribution < 1.29 is 24.2 Å². The maximum absolute atomic E-state index is 12.4. The zero-order chi connectivity index (χ0) is 24.8. The number of aromatic nitrogens is 2. The molecule has 1 fully saturated rings. The number of hydrazine groups is 1. The van der Waals surface area contributed by atoms with Crippen molar-refractivity contribution in [3.05, 3.63) is 55.3 Å². The van der Waals surface area contributed by atoms with Crippen molar-refractivity contribution in [1.82, 2.24) is 15.4 Å². The number of halogens is 1. The van der Waals surface area contributed by atoms with E-state index in [-0.39, 0.29) is 41.3 Å². The number of amides is 1. The Kier molecular flexibility index (Phi) is 7.73. The van der Waals surface area contributed by atoms with Gasteiger partial charge in [-0.25, -0.2) is 9.97 Å². The number of ether oxygens (including phenoxy) is 1. The van der Waals surface area contributed by atoms with Crippen LogP contribution in [0.5, 0.6) is 0 Å². The molecule has 0 aliphatic carbocycles. The van der Waals surface area contributed by atoms with Crippen molar-refractivity contribution in [2.24, 2.45) is 5.92 Å². The lowest BCUT2D eigenvalue weighted by atomic mass is 9.98. The van der Waals surface area contributed by atoms with E-state index < -0.39 is 33.0 Å². The second-order valence-corrected chi connectivity index (χ2v) is 7.60. The molecule has 2 aromatic rings. The normalized spacial score (nSPS) is 15.4. The first-order valence-electron chi connectivity index (χ1n) is 10.1. The first-order valence-corrected chi connectivity index (χ1v) is 10.5. The van der Waals surface area contributed by atoms with Crippen LogP contribution in [0.25, 0.3) is 0 Å². The van der Waals surface area contributed by atoms with Gasteiger partial charge in [0.25, 0.3) is 11.6 Å². The molecule has 2 heterocycles. The number of nitro groups is 2. The zero-order valence-electron chi connectivity index (χ0n) is 17.9. The van der Waals surface area contributed by atoms with Crippen molar-refractivity contribution in [1.29, 1.82) is 0 Å². The maximum Gasteiger partial charge on any atom is 0.355 e. The number of esters is 1. The van der Waals surface area contributed by atoms with Crippen LogP contribution in [0, 0.1) is 26.1 Å². The molecule has 0 bridgehead atoms. The summed E-state index contributed by atoms with van der Waals surface area (Å²) >= 11 is 5.75. The fourth-order valence-corrected chi connectivity index (χ4v) is 3.65. The third-order valence-corrected chi connectivity index (χ3v) is 5.35. The molecule has 15 heteroatoms. The fraction of sp³-hybridized carbons (Fsp3) is 0.368. The van der Waals surface area contributed by atoms with Gasteiger partial charge in [-0.2, -0.15) is 0 Å². The Labute approximate surface area is 197 Å². The molecule has 3 rings (SSSR count). The highest BCUT2D eigenvalue weighted by Gasteiger charge is 2.33. The first kappa shape index (κ1) is 24.6. The molecule has 14 nitrogen and oxygen atoms in total. The topological polar surface area (TPSA) is 183 Å². The van der Waals surface area contributed by atoms with Gasteiger partial charge in [0, 0.05) is 24.7 Å². The molecule has 34 heavy (non-hydrogen) atoms. The Hall–Kier alpha value is -4.07. The van der Waals surface area contributed by atoms with Crippen molar-refractivity contribution in [3.63, 3.8) is 0 Å². The van der Waals surface area contributed by atoms with Crippen molar-refractivity contribution in [2.75, 3.05) is 30.0 Å². The summed E-state index contributed by atoms with van der Waals surface area (Å²) in [6.07, 6.45) is 2.26. The number of rotatable bonds is 8. The third-order valence-electron chi connectivity index (χ3n) is 5.03. The van der Waals surface area contributed by atoms with Gasteiger partial charge in [-0.3, -0.25) is 40.7 Å². The highest BCUT2D eigenvalue weighted by atomic mass is 35.5. The Morgan fingerprint density at radius 3 is 2.71 bits per heavy atom. The predicted molar refractivity (Wildman–Crippen MR) is 119 cm³/mol. The van der Waals surface area contributed by atoms with Gasteiger partial charge in [0.2, 0.25) is 11.6 Å². The SMILES string of the molecule is CCOC(=O)C1CCCN(c2ncnc(NNC(=O)c3ccc(Cl)c([N+](=O)[O-])c3)c2[N+](=O)[O-])C1. The summed E-state index contributed by atoms with van der Waals surface area (Å²) in [5.74, 6) is -1.97. The van der Waals surface area contributed by atoms with Crippen LogP contribution in [0.1, 0.15) is 30.1 Å². The summed E-state index contributed by atoms with van der Waals surface area (Å²) in [5, 5.41) is 22.7. The molecule has 0 radical (unpaired) electrons. The summed E-state index contributed by atoms with van der Waals surface area (Å²) < 4.78 is 5.06. The van der Waals surface area contributed by atoms with Crippen LogP contribution in [0.4, 0.5) is 23.0 Å². The summed E-state index contributed by atoms with van der Waals surface area (Å²) in [4.78, 5) is 55.5. The van der Waals surface area contributed by atoms with E-state index in [1.54, 1.807) is 11.8 Å². The summed E-state index contributed by atoms with van der Waals surface area (Å²) in [5.41, 5.74) is 3.53. The largest absolute Gasteiger partial charge is 0.466 e. The molecule has 1 aromatic carbocycles. The number of benzene rings is 1. The molecular formula is C19H20ClN7O7.